The summed E-state index contributed by atoms with van der Waals surface area (Å²) >= 11 is 5.85. The highest BCUT2D eigenvalue weighted by molar-refractivity contribution is 6.30. The Bertz CT molecular complexity index is 453. The van der Waals surface area contributed by atoms with E-state index in [2.05, 4.69) is 0 Å². The van der Waals surface area contributed by atoms with Crippen molar-refractivity contribution < 1.29 is 19.7 Å². The molecule has 0 bridgehead atoms. The summed E-state index contributed by atoms with van der Waals surface area (Å²) in [7, 11) is 0. The topological polar surface area (TPSA) is 66.8 Å². The summed E-state index contributed by atoms with van der Waals surface area (Å²) in [6.45, 7) is 0.166. The first kappa shape index (κ1) is 14.2. The Hall–Kier alpha value is -1.26. The average molecular weight is 285 g/mol. The van der Waals surface area contributed by atoms with Gasteiger partial charge in [-0.2, -0.15) is 0 Å². The zero-order valence-corrected chi connectivity index (χ0v) is 11.3. The highest BCUT2D eigenvalue weighted by Gasteiger charge is 2.36. The maximum atomic E-state index is 10.9. The predicted octanol–water partition coefficient (Wildman–Crippen LogP) is 2.72. The largest absolute Gasteiger partial charge is 0.491 e. The molecule has 1 fully saturated rings. The van der Waals surface area contributed by atoms with Crippen LogP contribution in [0, 0.1) is 5.92 Å². The smallest absolute Gasteiger partial charge is 0.306 e. The molecular weight excluding hydrogens is 268 g/mol. The van der Waals surface area contributed by atoms with Crippen LogP contribution in [-0.4, -0.2) is 28.4 Å². The number of hydrogen-bond acceptors (Lipinski definition) is 3. The number of benzene rings is 1. The van der Waals surface area contributed by atoms with Gasteiger partial charge in [-0.3, -0.25) is 4.79 Å². The van der Waals surface area contributed by atoms with Crippen LogP contribution in [0.25, 0.3) is 0 Å². The first-order valence-electron chi connectivity index (χ1n) is 6.32. The number of halogens is 1. The van der Waals surface area contributed by atoms with E-state index in [4.69, 9.17) is 21.4 Å². The zero-order chi connectivity index (χ0) is 13.9. The maximum absolute atomic E-state index is 10.9. The first-order chi connectivity index (χ1) is 8.98. The van der Waals surface area contributed by atoms with Crippen LogP contribution >= 0.6 is 11.6 Å². The van der Waals surface area contributed by atoms with Gasteiger partial charge in [0.1, 0.15) is 12.4 Å². The minimum Gasteiger partial charge on any atom is -0.491 e. The van der Waals surface area contributed by atoms with Crippen LogP contribution in [0.5, 0.6) is 5.75 Å². The second kappa shape index (κ2) is 5.80. The van der Waals surface area contributed by atoms with Crippen molar-refractivity contribution in [2.75, 3.05) is 6.61 Å². The number of rotatable bonds is 4. The van der Waals surface area contributed by atoms with E-state index in [0.29, 0.717) is 36.5 Å². The summed E-state index contributed by atoms with van der Waals surface area (Å²) < 4.78 is 5.54. The second-order valence-corrected chi connectivity index (χ2v) is 5.52. The summed E-state index contributed by atoms with van der Waals surface area (Å²) in [5.41, 5.74) is -0.936. The van der Waals surface area contributed by atoms with Gasteiger partial charge in [-0.15, -0.1) is 0 Å². The molecule has 0 radical (unpaired) electrons. The quantitative estimate of drug-likeness (QED) is 0.892. The van der Waals surface area contributed by atoms with Crippen molar-refractivity contribution in [2.45, 2.75) is 31.3 Å². The van der Waals surface area contributed by atoms with Crippen LogP contribution in [0.15, 0.2) is 24.3 Å². The van der Waals surface area contributed by atoms with E-state index < -0.39 is 11.6 Å². The Morgan fingerprint density at radius 2 is 2.11 bits per heavy atom. The molecule has 1 aliphatic rings. The van der Waals surface area contributed by atoms with Gasteiger partial charge in [-0.25, -0.2) is 0 Å². The van der Waals surface area contributed by atoms with E-state index in [9.17, 15) is 9.90 Å². The number of ether oxygens (including phenoxy) is 1. The summed E-state index contributed by atoms with van der Waals surface area (Å²) in [6.07, 6.45) is 1.88. The lowest BCUT2D eigenvalue weighted by molar-refractivity contribution is -0.145. The third-order valence-electron chi connectivity index (χ3n) is 3.57. The van der Waals surface area contributed by atoms with Crippen LogP contribution in [0.1, 0.15) is 25.7 Å². The lowest BCUT2D eigenvalue weighted by Crippen LogP contribution is -2.41. The van der Waals surface area contributed by atoms with E-state index >= 15 is 0 Å². The van der Waals surface area contributed by atoms with E-state index in [1.165, 1.54) is 0 Å². The van der Waals surface area contributed by atoms with Gasteiger partial charge in [0.15, 0.2) is 0 Å². The number of carboxylic acid groups (broad SMARTS) is 1. The van der Waals surface area contributed by atoms with Gasteiger partial charge in [-0.1, -0.05) is 17.7 Å². The molecule has 0 aliphatic heterocycles. The molecule has 1 aromatic carbocycles. The molecular formula is C14H17ClO4. The van der Waals surface area contributed by atoms with Gasteiger partial charge in [0.25, 0.3) is 0 Å². The fourth-order valence-corrected chi connectivity index (χ4v) is 2.50. The predicted molar refractivity (Wildman–Crippen MR) is 71.5 cm³/mol. The van der Waals surface area contributed by atoms with Crippen LogP contribution in [0.4, 0.5) is 0 Å². The molecule has 104 valence electrons. The van der Waals surface area contributed by atoms with Crippen LogP contribution in [0.2, 0.25) is 5.02 Å². The summed E-state index contributed by atoms with van der Waals surface area (Å²) in [4.78, 5) is 10.9. The molecule has 0 amide bonds. The summed E-state index contributed by atoms with van der Waals surface area (Å²) in [5.74, 6) is -0.509. The van der Waals surface area contributed by atoms with Gasteiger partial charge >= 0.3 is 5.97 Å². The lowest BCUT2D eigenvalue weighted by Gasteiger charge is -2.34. The number of aliphatic hydroxyl groups is 1. The highest BCUT2D eigenvalue weighted by Crippen LogP contribution is 2.33. The highest BCUT2D eigenvalue weighted by atomic mass is 35.5. The average Bonchev–Trinajstić information content (AvgIpc) is 2.37. The summed E-state index contributed by atoms with van der Waals surface area (Å²) in [5, 5.41) is 19.9. The number of carboxylic acids is 1. The van der Waals surface area contributed by atoms with Crippen LogP contribution < -0.4 is 4.74 Å². The molecule has 1 aromatic rings. The Balaban J connectivity index is 1.88. The monoisotopic (exact) mass is 284 g/mol. The molecule has 4 nitrogen and oxygen atoms in total. The third-order valence-corrected chi connectivity index (χ3v) is 3.80. The van der Waals surface area contributed by atoms with Gasteiger partial charge in [0, 0.05) is 5.02 Å². The maximum Gasteiger partial charge on any atom is 0.306 e. The van der Waals surface area contributed by atoms with E-state index in [-0.39, 0.29) is 12.5 Å². The van der Waals surface area contributed by atoms with Crippen molar-refractivity contribution in [3.63, 3.8) is 0 Å². The van der Waals surface area contributed by atoms with Crippen molar-refractivity contribution >= 4 is 17.6 Å². The SMILES string of the molecule is O=C(O)C1CCC(O)(COc2cccc(Cl)c2)CC1. The Kier molecular flexibility index (Phi) is 4.32. The van der Waals surface area contributed by atoms with Crippen molar-refractivity contribution in [3.8, 4) is 5.75 Å². The molecule has 0 unspecified atom stereocenters. The summed E-state index contributed by atoms with van der Waals surface area (Å²) in [6, 6.07) is 7.00. The fraction of sp³-hybridized carbons (Fsp3) is 0.500. The Morgan fingerprint density at radius 3 is 2.68 bits per heavy atom. The molecule has 19 heavy (non-hydrogen) atoms. The van der Waals surface area contributed by atoms with Gasteiger partial charge in [0.05, 0.1) is 11.5 Å². The zero-order valence-electron chi connectivity index (χ0n) is 10.5. The molecule has 0 saturated heterocycles. The van der Waals surface area contributed by atoms with Crippen molar-refractivity contribution in [1.82, 2.24) is 0 Å². The lowest BCUT2D eigenvalue weighted by atomic mass is 9.79. The first-order valence-corrected chi connectivity index (χ1v) is 6.70. The molecule has 0 heterocycles. The van der Waals surface area contributed by atoms with Crippen molar-refractivity contribution in [1.29, 1.82) is 0 Å². The van der Waals surface area contributed by atoms with Crippen LogP contribution in [-0.2, 0) is 4.79 Å². The van der Waals surface area contributed by atoms with Crippen LogP contribution in [0.3, 0.4) is 0 Å². The van der Waals surface area contributed by atoms with Gasteiger partial charge in [-0.05, 0) is 43.9 Å². The third kappa shape index (κ3) is 3.85. The Morgan fingerprint density at radius 1 is 1.42 bits per heavy atom. The number of aliphatic carboxylic acids is 1. The molecule has 2 N–H and O–H groups in total. The molecule has 0 aromatic heterocycles. The van der Waals surface area contributed by atoms with Crippen molar-refractivity contribution in [3.05, 3.63) is 29.3 Å². The molecule has 1 saturated carbocycles. The van der Waals surface area contributed by atoms with Gasteiger partial charge in [0.2, 0.25) is 0 Å². The van der Waals surface area contributed by atoms with E-state index in [0.717, 1.165) is 0 Å². The normalized spacial score (nSPS) is 26.9. The molecule has 1 aliphatic carbocycles. The number of carbonyl (C=O) groups is 1. The van der Waals surface area contributed by atoms with E-state index in [1.54, 1.807) is 24.3 Å². The minimum absolute atomic E-state index is 0.166. The molecule has 5 heteroatoms. The minimum atomic E-state index is -0.936. The van der Waals surface area contributed by atoms with Crippen molar-refractivity contribution in [2.24, 2.45) is 5.92 Å². The fourth-order valence-electron chi connectivity index (χ4n) is 2.32. The van der Waals surface area contributed by atoms with E-state index in [1.807, 2.05) is 0 Å². The molecule has 2 rings (SSSR count). The van der Waals surface area contributed by atoms with Gasteiger partial charge < -0.3 is 14.9 Å². The standard InChI is InChI=1S/C14H17ClO4/c15-11-2-1-3-12(8-11)19-9-14(18)6-4-10(5-7-14)13(16)17/h1-3,8,10,18H,4-7,9H2,(H,16,17). The Labute approximate surface area is 117 Å². The molecule has 0 spiro atoms. The number of hydrogen-bond donors (Lipinski definition) is 2. The molecule has 0 atom stereocenters. The second-order valence-electron chi connectivity index (χ2n) is 5.08.